The fourth-order valence-electron chi connectivity index (χ4n) is 1.53. The highest BCUT2D eigenvalue weighted by Crippen LogP contribution is 2.19. The first-order valence-electron chi connectivity index (χ1n) is 6.30. The first kappa shape index (κ1) is 15.5. The monoisotopic (exact) mass is 267 g/mol. The number of ether oxygens (including phenoxy) is 1. The van der Waals surface area contributed by atoms with Crippen LogP contribution in [-0.2, 0) is 4.79 Å². The van der Waals surface area contributed by atoms with Gasteiger partial charge in [0.25, 0.3) is 5.91 Å². The molecule has 0 aliphatic rings. The second-order valence-electron chi connectivity index (χ2n) is 4.65. The van der Waals surface area contributed by atoms with E-state index in [0.29, 0.717) is 11.7 Å². The van der Waals surface area contributed by atoms with Gasteiger partial charge in [-0.1, -0.05) is 26.0 Å². The number of benzene rings is 1. The number of hydrogen-bond donors (Lipinski definition) is 3. The van der Waals surface area contributed by atoms with Crippen molar-refractivity contribution < 1.29 is 19.7 Å². The maximum Gasteiger partial charge on any atom is 0.258 e. The van der Waals surface area contributed by atoms with Crippen molar-refractivity contribution in [3.63, 3.8) is 0 Å². The maximum atomic E-state index is 11.5. The highest BCUT2D eigenvalue weighted by Gasteiger charge is 2.10. The molecule has 1 amide bonds. The van der Waals surface area contributed by atoms with Crippen molar-refractivity contribution >= 4 is 5.91 Å². The molecule has 0 saturated carbocycles. The van der Waals surface area contributed by atoms with E-state index in [2.05, 4.69) is 19.2 Å². The van der Waals surface area contributed by atoms with Crippen molar-refractivity contribution in [3.8, 4) is 5.75 Å². The van der Waals surface area contributed by atoms with E-state index >= 15 is 0 Å². The van der Waals surface area contributed by atoms with Gasteiger partial charge in [0, 0.05) is 0 Å². The van der Waals surface area contributed by atoms with Crippen molar-refractivity contribution in [1.82, 2.24) is 5.32 Å². The highest BCUT2D eigenvalue weighted by molar-refractivity contribution is 5.77. The molecule has 1 aromatic rings. The van der Waals surface area contributed by atoms with Gasteiger partial charge in [-0.2, -0.15) is 0 Å². The summed E-state index contributed by atoms with van der Waals surface area (Å²) in [6, 6.07) is 6.93. The smallest absolute Gasteiger partial charge is 0.258 e. The van der Waals surface area contributed by atoms with Gasteiger partial charge >= 0.3 is 0 Å². The Hall–Kier alpha value is -1.59. The molecule has 0 radical (unpaired) electrons. The minimum absolute atomic E-state index is 0.141. The van der Waals surface area contributed by atoms with Gasteiger partial charge in [-0.15, -0.1) is 0 Å². The van der Waals surface area contributed by atoms with Gasteiger partial charge in [0.1, 0.15) is 5.75 Å². The minimum atomic E-state index is -0.641. The predicted octanol–water partition coefficient (Wildman–Crippen LogP) is 0.658. The van der Waals surface area contributed by atoms with Gasteiger partial charge in [-0.25, -0.2) is 0 Å². The predicted molar refractivity (Wildman–Crippen MR) is 72.1 cm³/mol. The summed E-state index contributed by atoms with van der Waals surface area (Å²) in [5, 5.41) is 20.1. The summed E-state index contributed by atoms with van der Waals surface area (Å²) in [5.74, 6) is 0.652. The van der Waals surface area contributed by atoms with E-state index in [1.807, 2.05) is 18.2 Å². The Morgan fingerprint density at radius 2 is 2.00 bits per heavy atom. The molecule has 0 spiro atoms. The quantitative estimate of drug-likeness (QED) is 0.678. The largest absolute Gasteiger partial charge is 0.484 e. The summed E-state index contributed by atoms with van der Waals surface area (Å²) >= 11 is 0. The Morgan fingerprint density at radius 1 is 1.32 bits per heavy atom. The van der Waals surface area contributed by atoms with E-state index < -0.39 is 6.04 Å². The number of nitrogens with one attached hydrogen (secondary N) is 1. The lowest BCUT2D eigenvalue weighted by atomic mass is 10.0. The fourth-order valence-corrected chi connectivity index (χ4v) is 1.53. The second-order valence-corrected chi connectivity index (χ2v) is 4.65. The molecule has 0 fully saturated rings. The van der Waals surface area contributed by atoms with Crippen molar-refractivity contribution in [2.24, 2.45) is 0 Å². The molecule has 0 heterocycles. The first-order valence-corrected chi connectivity index (χ1v) is 6.30. The van der Waals surface area contributed by atoms with Crippen LogP contribution in [0.15, 0.2) is 24.3 Å². The lowest BCUT2D eigenvalue weighted by molar-refractivity contribution is -0.124. The zero-order valence-electron chi connectivity index (χ0n) is 11.3. The van der Waals surface area contributed by atoms with E-state index in [0.717, 1.165) is 5.56 Å². The zero-order chi connectivity index (χ0) is 14.3. The minimum Gasteiger partial charge on any atom is -0.484 e. The molecular formula is C14H21NO4. The Morgan fingerprint density at radius 3 is 2.58 bits per heavy atom. The number of carbonyl (C=O) groups excluding carboxylic acids is 1. The third-order valence-corrected chi connectivity index (χ3v) is 2.70. The average Bonchev–Trinajstić information content (AvgIpc) is 2.42. The van der Waals surface area contributed by atoms with E-state index in [9.17, 15) is 4.79 Å². The van der Waals surface area contributed by atoms with Crippen LogP contribution in [0.1, 0.15) is 25.3 Å². The first-order chi connectivity index (χ1) is 9.06. The van der Waals surface area contributed by atoms with Crippen LogP contribution in [-0.4, -0.2) is 42.0 Å². The van der Waals surface area contributed by atoms with Gasteiger partial charge < -0.3 is 20.3 Å². The summed E-state index contributed by atoms with van der Waals surface area (Å²) in [5.41, 5.74) is 1.14. The number of aliphatic hydroxyl groups excluding tert-OH is 2. The molecule has 5 heteroatoms. The van der Waals surface area contributed by atoms with Gasteiger partial charge in [0.2, 0.25) is 0 Å². The van der Waals surface area contributed by atoms with E-state index in [1.165, 1.54) is 0 Å². The molecule has 1 aromatic carbocycles. The molecule has 0 bridgehead atoms. The van der Waals surface area contributed by atoms with Crippen LogP contribution < -0.4 is 10.1 Å². The molecule has 0 aromatic heterocycles. The second kappa shape index (κ2) is 7.76. The lowest BCUT2D eigenvalue weighted by Gasteiger charge is -2.14. The van der Waals surface area contributed by atoms with Crippen molar-refractivity contribution in [2.75, 3.05) is 19.8 Å². The van der Waals surface area contributed by atoms with Gasteiger partial charge in [0.05, 0.1) is 19.3 Å². The highest BCUT2D eigenvalue weighted by atomic mass is 16.5. The maximum absolute atomic E-state index is 11.5. The van der Waals surface area contributed by atoms with Crippen LogP contribution in [0.5, 0.6) is 5.75 Å². The molecule has 0 aliphatic carbocycles. The van der Waals surface area contributed by atoms with Gasteiger partial charge in [-0.05, 0) is 23.6 Å². The zero-order valence-corrected chi connectivity index (χ0v) is 11.3. The van der Waals surface area contributed by atoms with Crippen LogP contribution in [0.3, 0.4) is 0 Å². The average molecular weight is 267 g/mol. The molecule has 1 rings (SSSR count). The third kappa shape index (κ3) is 5.28. The number of carbonyl (C=O) groups is 1. The van der Waals surface area contributed by atoms with Crippen LogP contribution in [0, 0.1) is 0 Å². The molecule has 106 valence electrons. The normalized spacial score (nSPS) is 10.8. The van der Waals surface area contributed by atoms with E-state index in [4.69, 9.17) is 14.9 Å². The van der Waals surface area contributed by atoms with Crippen LogP contribution in [0.4, 0.5) is 0 Å². The summed E-state index contributed by atoms with van der Waals surface area (Å²) in [4.78, 5) is 11.5. The summed E-state index contributed by atoms with van der Waals surface area (Å²) in [6.07, 6.45) is 0. The Bertz CT molecular complexity index is 402. The van der Waals surface area contributed by atoms with Crippen molar-refractivity contribution in [1.29, 1.82) is 0 Å². The summed E-state index contributed by atoms with van der Waals surface area (Å²) in [6.45, 7) is 3.42. The molecule has 5 nitrogen and oxygen atoms in total. The lowest BCUT2D eigenvalue weighted by Crippen LogP contribution is -2.42. The standard InChI is InChI=1S/C14H21NO4/c1-10(2)11-4-3-5-13(6-11)19-9-14(18)15-12(7-16)8-17/h3-6,10,12,16-17H,7-9H2,1-2H3,(H,15,18). The van der Waals surface area contributed by atoms with Crippen molar-refractivity contribution in [2.45, 2.75) is 25.8 Å². The Balaban J connectivity index is 2.48. The molecule has 3 N–H and O–H groups in total. The Kier molecular flexibility index (Phi) is 6.32. The Labute approximate surface area is 113 Å². The molecular weight excluding hydrogens is 246 g/mol. The molecule has 0 saturated heterocycles. The summed E-state index contributed by atoms with van der Waals surface area (Å²) < 4.78 is 5.37. The number of rotatable bonds is 7. The van der Waals surface area contributed by atoms with Crippen LogP contribution >= 0.6 is 0 Å². The summed E-state index contributed by atoms with van der Waals surface area (Å²) in [7, 11) is 0. The third-order valence-electron chi connectivity index (χ3n) is 2.70. The van der Waals surface area contributed by atoms with Crippen LogP contribution in [0.2, 0.25) is 0 Å². The van der Waals surface area contributed by atoms with E-state index in [1.54, 1.807) is 6.07 Å². The van der Waals surface area contributed by atoms with E-state index in [-0.39, 0.29) is 25.7 Å². The van der Waals surface area contributed by atoms with Gasteiger partial charge in [-0.3, -0.25) is 4.79 Å². The number of aliphatic hydroxyl groups is 2. The number of hydrogen-bond acceptors (Lipinski definition) is 4. The fraction of sp³-hybridized carbons (Fsp3) is 0.500. The molecule has 0 aliphatic heterocycles. The SMILES string of the molecule is CC(C)c1cccc(OCC(=O)NC(CO)CO)c1. The molecule has 0 atom stereocenters. The molecule has 0 unspecified atom stereocenters. The molecule has 19 heavy (non-hydrogen) atoms. The van der Waals surface area contributed by atoms with Gasteiger partial charge in [0.15, 0.2) is 6.61 Å². The number of amides is 1. The topological polar surface area (TPSA) is 78.8 Å². The van der Waals surface area contributed by atoms with Crippen molar-refractivity contribution in [3.05, 3.63) is 29.8 Å². The van der Waals surface area contributed by atoms with Crippen LogP contribution in [0.25, 0.3) is 0 Å².